The van der Waals surface area contributed by atoms with Crippen LogP contribution in [0.2, 0.25) is 0 Å². The lowest BCUT2D eigenvalue weighted by molar-refractivity contribution is 0.354. The Morgan fingerprint density at radius 2 is 2.28 bits per heavy atom. The molecule has 0 radical (unpaired) electrons. The van der Waals surface area contributed by atoms with E-state index in [1.807, 2.05) is 12.1 Å². The molecule has 1 aromatic rings. The van der Waals surface area contributed by atoms with Gasteiger partial charge < -0.3 is 10.5 Å². The smallest absolute Gasteiger partial charge is 0.120 e. The largest absolute Gasteiger partial charge is 0.489 e. The maximum absolute atomic E-state index is 5.81. The first-order valence-electron chi connectivity index (χ1n) is 6.57. The Bertz CT molecular complexity index is 448. The standard InChI is InChI=1S/C16H21NO/c1-13-5-7-15(8-6-13)12-18-16-4-2-3-14(11-16)9-10-17/h2-5,7-8,11,13H,6,9-10,12,17H2,1H3. The zero-order valence-corrected chi connectivity index (χ0v) is 10.9. The second-order valence-corrected chi connectivity index (χ2v) is 4.83. The molecule has 0 fully saturated rings. The molecule has 0 spiro atoms. The molecule has 2 nitrogen and oxygen atoms in total. The lowest BCUT2D eigenvalue weighted by Gasteiger charge is -2.13. The van der Waals surface area contributed by atoms with E-state index in [9.17, 15) is 0 Å². The van der Waals surface area contributed by atoms with Crippen molar-refractivity contribution < 1.29 is 4.74 Å². The number of benzene rings is 1. The minimum atomic E-state index is 0.648. The van der Waals surface area contributed by atoms with Crippen molar-refractivity contribution in [1.82, 2.24) is 0 Å². The van der Waals surface area contributed by atoms with Gasteiger partial charge in [-0.2, -0.15) is 0 Å². The van der Waals surface area contributed by atoms with Gasteiger partial charge in [0.15, 0.2) is 0 Å². The zero-order chi connectivity index (χ0) is 12.8. The topological polar surface area (TPSA) is 35.2 Å². The van der Waals surface area contributed by atoms with Crippen molar-refractivity contribution in [3.8, 4) is 5.75 Å². The Hall–Kier alpha value is -1.54. The Labute approximate surface area is 109 Å². The van der Waals surface area contributed by atoms with Crippen LogP contribution in [0.5, 0.6) is 5.75 Å². The van der Waals surface area contributed by atoms with Crippen LogP contribution in [-0.4, -0.2) is 13.2 Å². The average Bonchev–Trinajstić information content (AvgIpc) is 2.39. The van der Waals surface area contributed by atoms with Crippen LogP contribution in [0.4, 0.5) is 0 Å². The predicted molar refractivity (Wildman–Crippen MR) is 75.7 cm³/mol. The third-order valence-electron chi connectivity index (χ3n) is 3.13. The average molecular weight is 243 g/mol. The quantitative estimate of drug-likeness (QED) is 0.862. The van der Waals surface area contributed by atoms with Crippen LogP contribution >= 0.6 is 0 Å². The van der Waals surface area contributed by atoms with Crippen molar-refractivity contribution >= 4 is 0 Å². The van der Waals surface area contributed by atoms with Gasteiger partial charge in [0.1, 0.15) is 12.4 Å². The van der Waals surface area contributed by atoms with Crippen LogP contribution < -0.4 is 10.5 Å². The maximum Gasteiger partial charge on any atom is 0.120 e. The van der Waals surface area contributed by atoms with Gasteiger partial charge in [-0.3, -0.25) is 0 Å². The second-order valence-electron chi connectivity index (χ2n) is 4.83. The van der Waals surface area contributed by atoms with Crippen molar-refractivity contribution in [2.24, 2.45) is 11.7 Å². The summed E-state index contributed by atoms with van der Waals surface area (Å²) in [6.45, 7) is 3.55. The summed E-state index contributed by atoms with van der Waals surface area (Å²) in [5.74, 6) is 1.58. The number of rotatable bonds is 5. The molecule has 18 heavy (non-hydrogen) atoms. The predicted octanol–water partition coefficient (Wildman–Crippen LogP) is 3.09. The van der Waals surface area contributed by atoms with Crippen LogP contribution in [0, 0.1) is 5.92 Å². The molecule has 1 aliphatic carbocycles. The molecule has 0 aromatic heterocycles. The minimum Gasteiger partial charge on any atom is -0.489 e. The molecule has 2 N–H and O–H groups in total. The summed E-state index contributed by atoms with van der Waals surface area (Å²) in [7, 11) is 0. The van der Waals surface area contributed by atoms with Crippen molar-refractivity contribution in [3.05, 3.63) is 53.6 Å². The van der Waals surface area contributed by atoms with E-state index in [-0.39, 0.29) is 0 Å². The summed E-state index contributed by atoms with van der Waals surface area (Å²) < 4.78 is 5.81. The normalized spacial score (nSPS) is 18.6. The molecule has 1 atom stereocenters. The van der Waals surface area contributed by atoms with Gasteiger partial charge >= 0.3 is 0 Å². The van der Waals surface area contributed by atoms with Crippen LogP contribution in [0.3, 0.4) is 0 Å². The highest BCUT2D eigenvalue weighted by molar-refractivity contribution is 5.30. The lowest BCUT2D eigenvalue weighted by Crippen LogP contribution is -2.05. The summed E-state index contributed by atoms with van der Waals surface area (Å²) in [6.07, 6.45) is 8.68. The Morgan fingerprint density at radius 3 is 3.00 bits per heavy atom. The van der Waals surface area contributed by atoms with Gasteiger partial charge in [0, 0.05) is 0 Å². The van der Waals surface area contributed by atoms with E-state index >= 15 is 0 Å². The number of hydrogen-bond acceptors (Lipinski definition) is 2. The minimum absolute atomic E-state index is 0.648. The van der Waals surface area contributed by atoms with Crippen molar-refractivity contribution in [2.45, 2.75) is 19.8 Å². The molecule has 0 saturated carbocycles. The molecule has 0 saturated heterocycles. The molecule has 1 unspecified atom stereocenters. The SMILES string of the molecule is CC1C=CC(COc2cccc(CCN)c2)=CC1. The van der Waals surface area contributed by atoms with Crippen molar-refractivity contribution in [3.63, 3.8) is 0 Å². The monoisotopic (exact) mass is 243 g/mol. The fourth-order valence-electron chi connectivity index (χ4n) is 2.00. The van der Waals surface area contributed by atoms with Gasteiger partial charge in [0.25, 0.3) is 0 Å². The summed E-state index contributed by atoms with van der Waals surface area (Å²) in [5, 5.41) is 0. The fraction of sp³-hybridized carbons (Fsp3) is 0.375. The molecule has 0 aliphatic heterocycles. The molecule has 1 aliphatic rings. The highest BCUT2D eigenvalue weighted by Gasteiger charge is 2.04. The molecule has 0 amide bonds. The van der Waals surface area contributed by atoms with Gasteiger partial charge in [-0.15, -0.1) is 0 Å². The van der Waals surface area contributed by atoms with Gasteiger partial charge in [-0.05, 0) is 48.6 Å². The summed E-state index contributed by atoms with van der Waals surface area (Å²) >= 11 is 0. The molecule has 2 heteroatoms. The Balaban J connectivity index is 1.90. The second kappa shape index (κ2) is 6.41. The molecular formula is C16H21NO. The first kappa shape index (κ1) is 12.9. The molecule has 0 heterocycles. The van der Waals surface area contributed by atoms with Crippen LogP contribution in [0.1, 0.15) is 18.9 Å². The van der Waals surface area contributed by atoms with Crippen LogP contribution in [-0.2, 0) is 6.42 Å². The van der Waals surface area contributed by atoms with E-state index in [0.29, 0.717) is 19.1 Å². The molecule has 96 valence electrons. The van der Waals surface area contributed by atoms with Crippen LogP contribution in [0.25, 0.3) is 0 Å². The first-order chi connectivity index (χ1) is 8.78. The van der Waals surface area contributed by atoms with Gasteiger partial charge in [-0.1, -0.05) is 37.3 Å². The zero-order valence-electron chi connectivity index (χ0n) is 10.9. The highest BCUT2D eigenvalue weighted by atomic mass is 16.5. The first-order valence-corrected chi connectivity index (χ1v) is 6.57. The number of nitrogens with two attached hydrogens (primary N) is 1. The van der Waals surface area contributed by atoms with Crippen LogP contribution in [0.15, 0.2) is 48.1 Å². The lowest BCUT2D eigenvalue weighted by atomic mass is 9.99. The van der Waals surface area contributed by atoms with Crippen molar-refractivity contribution in [1.29, 1.82) is 0 Å². The molecule has 0 bridgehead atoms. The number of allylic oxidation sites excluding steroid dienone is 2. The highest BCUT2D eigenvalue weighted by Crippen LogP contribution is 2.18. The van der Waals surface area contributed by atoms with E-state index in [1.165, 1.54) is 11.1 Å². The molecule has 2 rings (SSSR count). The summed E-state index contributed by atoms with van der Waals surface area (Å²) in [6, 6.07) is 8.17. The van der Waals surface area contributed by atoms with Gasteiger partial charge in [0.05, 0.1) is 0 Å². The summed E-state index contributed by atoms with van der Waals surface area (Å²) in [4.78, 5) is 0. The Morgan fingerprint density at radius 1 is 1.39 bits per heavy atom. The van der Waals surface area contributed by atoms with E-state index in [4.69, 9.17) is 10.5 Å². The van der Waals surface area contributed by atoms with E-state index in [1.54, 1.807) is 0 Å². The van der Waals surface area contributed by atoms with E-state index in [0.717, 1.165) is 18.6 Å². The maximum atomic E-state index is 5.81. The Kier molecular flexibility index (Phi) is 4.59. The van der Waals surface area contributed by atoms with Crippen molar-refractivity contribution in [2.75, 3.05) is 13.2 Å². The third kappa shape index (κ3) is 3.74. The number of hydrogen-bond donors (Lipinski definition) is 1. The molecular weight excluding hydrogens is 222 g/mol. The van der Waals surface area contributed by atoms with E-state index in [2.05, 4.69) is 37.3 Å². The fourth-order valence-corrected chi connectivity index (χ4v) is 2.00. The van der Waals surface area contributed by atoms with E-state index < -0.39 is 0 Å². The van der Waals surface area contributed by atoms with Gasteiger partial charge in [0.2, 0.25) is 0 Å². The van der Waals surface area contributed by atoms with Gasteiger partial charge in [-0.25, -0.2) is 0 Å². The summed E-state index contributed by atoms with van der Waals surface area (Å²) in [5.41, 5.74) is 8.05. The third-order valence-corrected chi connectivity index (χ3v) is 3.13. The molecule has 1 aromatic carbocycles. The number of ether oxygens (including phenoxy) is 1.